The van der Waals surface area contributed by atoms with Crippen molar-refractivity contribution in [3.05, 3.63) is 21.3 Å². The minimum Gasteiger partial charge on any atom is -0.393 e. The summed E-state index contributed by atoms with van der Waals surface area (Å²) < 4.78 is 12.4. The highest BCUT2D eigenvalue weighted by molar-refractivity contribution is 7.16. The van der Waals surface area contributed by atoms with Crippen LogP contribution >= 0.6 is 22.9 Å². The number of hydrogen-bond donors (Lipinski definition) is 0. The summed E-state index contributed by atoms with van der Waals surface area (Å²) in [5, 5.41) is 0. The lowest BCUT2D eigenvalue weighted by Gasteiger charge is -2.30. The molecule has 0 aromatic carbocycles. The van der Waals surface area contributed by atoms with Crippen LogP contribution in [0.5, 0.6) is 0 Å². The second-order valence-electron chi connectivity index (χ2n) is 4.58. The van der Waals surface area contributed by atoms with Gasteiger partial charge in [0.05, 0.1) is 4.34 Å². The maximum absolute atomic E-state index is 5.93. The summed E-state index contributed by atoms with van der Waals surface area (Å²) in [5.74, 6) is 0. The van der Waals surface area contributed by atoms with E-state index in [4.69, 9.17) is 20.5 Å². The smallest absolute Gasteiger partial charge is 0.331 e. The van der Waals surface area contributed by atoms with E-state index in [2.05, 4.69) is 24.1 Å². The van der Waals surface area contributed by atoms with Crippen LogP contribution in [0.1, 0.15) is 4.88 Å². The Labute approximate surface area is 113 Å². The molecule has 0 saturated carbocycles. The molecule has 0 radical (unpaired) electrons. The normalized spacial score (nSPS) is 22.1. The highest BCUT2D eigenvalue weighted by Gasteiger charge is 2.26. The molecule has 1 aliphatic rings. The maximum Gasteiger partial charge on any atom is 0.331 e. The second-order valence-corrected chi connectivity index (χ2v) is 9.76. The fraction of sp³-hybridized carbons (Fsp3) is 0.636. The molecule has 1 aromatic heterocycles. The first-order valence-electron chi connectivity index (χ1n) is 5.80. The summed E-state index contributed by atoms with van der Waals surface area (Å²) >= 11 is 7.57. The monoisotopic (exact) mass is 291 g/mol. The van der Waals surface area contributed by atoms with Crippen LogP contribution in [0.2, 0.25) is 17.4 Å². The van der Waals surface area contributed by atoms with E-state index in [1.165, 1.54) is 4.88 Å². The van der Waals surface area contributed by atoms with E-state index in [0.717, 1.165) is 37.2 Å². The van der Waals surface area contributed by atoms with Gasteiger partial charge in [0.15, 0.2) is 0 Å². The fourth-order valence-electron chi connectivity index (χ4n) is 1.81. The van der Waals surface area contributed by atoms with Crippen molar-refractivity contribution >= 4 is 31.5 Å². The first kappa shape index (κ1) is 13.5. The number of nitrogens with zero attached hydrogens (tertiary/aromatic N) is 1. The van der Waals surface area contributed by atoms with Gasteiger partial charge in [0, 0.05) is 37.7 Å². The van der Waals surface area contributed by atoms with E-state index in [0.29, 0.717) is 0 Å². The molecule has 6 heteroatoms. The molecule has 0 spiro atoms. The number of rotatable bonds is 2. The van der Waals surface area contributed by atoms with Gasteiger partial charge in [0.2, 0.25) is 0 Å². The van der Waals surface area contributed by atoms with Gasteiger partial charge in [-0.1, -0.05) is 11.6 Å². The van der Waals surface area contributed by atoms with Crippen LogP contribution in [0.25, 0.3) is 0 Å². The minimum absolute atomic E-state index is 0.762. The Kier molecular flexibility index (Phi) is 4.63. The lowest BCUT2D eigenvalue weighted by Crippen LogP contribution is -2.43. The van der Waals surface area contributed by atoms with E-state index in [1.807, 2.05) is 6.07 Å². The molecular weight excluding hydrogens is 274 g/mol. The van der Waals surface area contributed by atoms with Crippen molar-refractivity contribution in [1.29, 1.82) is 0 Å². The molecule has 0 N–H and O–H groups in total. The third-order valence-corrected chi connectivity index (χ3v) is 5.74. The third-order valence-electron chi connectivity index (χ3n) is 2.72. The molecule has 1 fully saturated rings. The Hall–Kier alpha value is 0.0869. The zero-order chi connectivity index (χ0) is 12.3. The summed E-state index contributed by atoms with van der Waals surface area (Å²) in [6, 6.07) is 4.04. The van der Waals surface area contributed by atoms with Crippen molar-refractivity contribution in [3.63, 3.8) is 0 Å². The summed E-state index contributed by atoms with van der Waals surface area (Å²) in [5.41, 5.74) is 0. The highest BCUT2D eigenvalue weighted by atomic mass is 35.5. The largest absolute Gasteiger partial charge is 0.393 e. The SMILES string of the molecule is C[Si]1(C)OCCN(Cc2ccc(Cl)s2)CCO1. The van der Waals surface area contributed by atoms with Gasteiger partial charge in [0.25, 0.3) is 0 Å². The van der Waals surface area contributed by atoms with Crippen molar-refractivity contribution in [2.75, 3.05) is 26.3 Å². The van der Waals surface area contributed by atoms with Gasteiger partial charge in [0.1, 0.15) is 0 Å². The van der Waals surface area contributed by atoms with Crippen molar-refractivity contribution in [3.8, 4) is 0 Å². The van der Waals surface area contributed by atoms with Crippen LogP contribution in [-0.2, 0) is 15.4 Å². The van der Waals surface area contributed by atoms with Gasteiger partial charge in [-0.15, -0.1) is 11.3 Å². The van der Waals surface area contributed by atoms with Gasteiger partial charge >= 0.3 is 8.56 Å². The third kappa shape index (κ3) is 4.35. The molecule has 0 bridgehead atoms. The molecule has 0 aliphatic carbocycles. The van der Waals surface area contributed by atoms with Crippen molar-refractivity contribution in [1.82, 2.24) is 4.90 Å². The zero-order valence-electron chi connectivity index (χ0n) is 10.2. The molecule has 0 unspecified atom stereocenters. The quantitative estimate of drug-likeness (QED) is 0.782. The Morgan fingerprint density at radius 3 is 2.47 bits per heavy atom. The topological polar surface area (TPSA) is 21.7 Å². The van der Waals surface area contributed by atoms with Gasteiger partial charge in [-0.25, -0.2) is 0 Å². The molecule has 2 heterocycles. The number of thiophene rings is 1. The minimum atomic E-state index is -1.84. The Morgan fingerprint density at radius 1 is 1.29 bits per heavy atom. The van der Waals surface area contributed by atoms with E-state index >= 15 is 0 Å². The first-order valence-corrected chi connectivity index (χ1v) is 9.81. The van der Waals surface area contributed by atoms with E-state index < -0.39 is 8.56 Å². The molecule has 1 aliphatic heterocycles. The first-order chi connectivity index (χ1) is 8.05. The summed E-state index contributed by atoms with van der Waals surface area (Å²) in [4.78, 5) is 3.65. The van der Waals surface area contributed by atoms with Gasteiger partial charge < -0.3 is 8.85 Å². The zero-order valence-corrected chi connectivity index (χ0v) is 12.8. The second kappa shape index (κ2) is 5.82. The Morgan fingerprint density at radius 2 is 1.94 bits per heavy atom. The predicted octanol–water partition coefficient (Wildman–Crippen LogP) is 2.95. The van der Waals surface area contributed by atoms with E-state index in [1.54, 1.807) is 11.3 Å². The van der Waals surface area contributed by atoms with Crippen LogP contribution in [0.3, 0.4) is 0 Å². The van der Waals surface area contributed by atoms with E-state index in [-0.39, 0.29) is 0 Å². The van der Waals surface area contributed by atoms with Crippen molar-refractivity contribution < 1.29 is 8.85 Å². The summed E-state index contributed by atoms with van der Waals surface area (Å²) in [7, 11) is -1.84. The van der Waals surface area contributed by atoms with E-state index in [9.17, 15) is 0 Å². The summed E-state index contributed by atoms with van der Waals surface area (Å²) in [6.07, 6.45) is 0. The van der Waals surface area contributed by atoms with Crippen molar-refractivity contribution in [2.24, 2.45) is 0 Å². The molecule has 3 nitrogen and oxygen atoms in total. The van der Waals surface area contributed by atoms with Crippen molar-refractivity contribution in [2.45, 2.75) is 19.6 Å². The standard InChI is InChI=1S/C11H18ClNO2SSi/c1-17(2)14-7-5-13(6-8-15-17)9-10-3-4-11(12)16-10/h3-4H,5-9H2,1-2H3. The fourth-order valence-corrected chi connectivity index (χ4v) is 4.19. The predicted molar refractivity (Wildman–Crippen MR) is 74.0 cm³/mol. The molecule has 1 aromatic rings. The number of halogens is 1. The average Bonchev–Trinajstić information content (AvgIpc) is 2.61. The molecule has 2 rings (SSSR count). The Balaban J connectivity index is 1.86. The molecule has 96 valence electrons. The maximum atomic E-state index is 5.93. The van der Waals surface area contributed by atoms with Crippen LogP contribution in [0.4, 0.5) is 0 Å². The molecule has 0 amide bonds. The van der Waals surface area contributed by atoms with Crippen LogP contribution in [-0.4, -0.2) is 39.8 Å². The summed E-state index contributed by atoms with van der Waals surface area (Å²) in [6.45, 7) is 8.59. The molecule has 0 atom stereocenters. The van der Waals surface area contributed by atoms with Crippen LogP contribution in [0, 0.1) is 0 Å². The van der Waals surface area contributed by atoms with Gasteiger partial charge in [-0.05, 0) is 25.2 Å². The number of hydrogen-bond acceptors (Lipinski definition) is 4. The Bertz CT molecular complexity index is 360. The molecule has 17 heavy (non-hydrogen) atoms. The molecule has 1 saturated heterocycles. The lowest BCUT2D eigenvalue weighted by atomic mass is 10.4. The van der Waals surface area contributed by atoms with Crippen LogP contribution in [0.15, 0.2) is 12.1 Å². The average molecular weight is 292 g/mol. The van der Waals surface area contributed by atoms with Crippen LogP contribution < -0.4 is 0 Å². The highest BCUT2D eigenvalue weighted by Crippen LogP contribution is 2.23. The van der Waals surface area contributed by atoms with Gasteiger partial charge in [-0.2, -0.15) is 0 Å². The molecular formula is C11H18ClNO2SSi. The lowest BCUT2D eigenvalue weighted by molar-refractivity contribution is 0.0968. The van der Waals surface area contributed by atoms with Gasteiger partial charge in [-0.3, -0.25) is 4.90 Å².